The molecule has 1 heterocycles. The molecule has 0 atom stereocenters. The molecule has 0 bridgehead atoms. The monoisotopic (exact) mass is 248 g/mol. The zero-order chi connectivity index (χ0) is 12.8. The molecule has 0 aromatic carbocycles. The van der Waals surface area contributed by atoms with Crippen LogP contribution in [-0.4, -0.2) is 23.2 Å². The first-order valence-corrected chi connectivity index (χ1v) is 6.96. The molecular weight excluding hydrogens is 224 g/mol. The summed E-state index contributed by atoms with van der Waals surface area (Å²) in [6.45, 7) is 4.13. The minimum absolute atomic E-state index is 0.121. The van der Waals surface area contributed by atoms with E-state index in [-0.39, 0.29) is 5.41 Å². The summed E-state index contributed by atoms with van der Waals surface area (Å²) in [4.78, 5) is 4.20. The topological polar surface area (TPSA) is 45.2 Å². The van der Waals surface area contributed by atoms with Crippen LogP contribution in [0.5, 0.6) is 0 Å². The summed E-state index contributed by atoms with van der Waals surface area (Å²) in [6, 6.07) is 2.16. The van der Waals surface area contributed by atoms with E-state index in [0.717, 1.165) is 25.9 Å². The molecule has 0 amide bonds. The van der Waals surface area contributed by atoms with Crippen LogP contribution in [0.25, 0.3) is 0 Å². The fourth-order valence-corrected chi connectivity index (χ4v) is 2.88. The van der Waals surface area contributed by atoms with Gasteiger partial charge in [0.2, 0.25) is 0 Å². The highest BCUT2D eigenvalue weighted by molar-refractivity contribution is 5.16. The van der Waals surface area contributed by atoms with E-state index in [2.05, 4.69) is 23.3 Å². The number of aliphatic hydroxyl groups excluding tert-OH is 1. The SMILES string of the molecule is Cc1cncc(CNCC2(CO)CCCCC2)c1. The lowest BCUT2D eigenvalue weighted by Gasteiger charge is -2.35. The number of pyridine rings is 1. The zero-order valence-corrected chi connectivity index (χ0v) is 11.3. The minimum atomic E-state index is 0.121. The molecule has 0 aliphatic heterocycles. The van der Waals surface area contributed by atoms with Crippen LogP contribution in [0.15, 0.2) is 18.5 Å². The van der Waals surface area contributed by atoms with Gasteiger partial charge in [0.1, 0.15) is 0 Å². The van der Waals surface area contributed by atoms with Gasteiger partial charge in [-0.3, -0.25) is 4.98 Å². The summed E-state index contributed by atoms with van der Waals surface area (Å²) in [5.41, 5.74) is 2.54. The summed E-state index contributed by atoms with van der Waals surface area (Å²) < 4.78 is 0. The van der Waals surface area contributed by atoms with E-state index < -0.39 is 0 Å². The van der Waals surface area contributed by atoms with Crippen LogP contribution in [0.1, 0.15) is 43.2 Å². The Morgan fingerprint density at radius 1 is 1.28 bits per heavy atom. The van der Waals surface area contributed by atoms with Gasteiger partial charge in [0.05, 0.1) is 0 Å². The van der Waals surface area contributed by atoms with Crippen LogP contribution in [0.2, 0.25) is 0 Å². The molecule has 0 spiro atoms. The summed E-state index contributed by atoms with van der Waals surface area (Å²) in [7, 11) is 0. The molecule has 1 saturated carbocycles. The second-order valence-electron chi connectivity index (χ2n) is 5.69. The Bertz CT molecular complexity index is 373. The Hall–Kier alpha value is -0.930. The number of aryl methyl sites for hydroxylation is 1. The van der Waals surface area contributed by atoms with Crippen LogP contribution in [0.4, 0.5) is 0 Å². The average molecular weight is 248 g/mol. The van der Waals surface area contributed by atoms with Gasteiger partial charge in [-0.15, -0.1) is 0 Å². The van der Waals surface area contributed by atoms with E-state index in [1.807, 2.05) is 12.4 Å². The van der Waals surface area contributed by atoms with Crippen molar-refractivity contribution < 1.29 is 5.11 Å². The van der Waals surface area contributed by atoms with E-state index in [4.69, 9.17) is 0 Å². The van der Waals surface area contributed by atoms with Crippen molar-refractivity contribution in [2.24, 2.45) is 5.41 Å². The smallest absolute Gasteiger partial charge is 0.0499 e. The largest absolute Gasteiger partial charge is 0.396 e. The Morgan fingerprint density at radius 2 is 2.06 bits per heavy atom. The summed E-state index contributed by atoms with van der Waals surface area (Å²) in [5, 5.41) is 13.1. The van der Waals surface area contributed by atoms with Crippen molar-refractivity contribution in [1.29, 1.82) is 0 Å². The molecule has 2 rings (SSSR count). The van der Waals surface area contributed by atoms with Crippen LogP contribution in [0, 0.1) is 12.3 Å². The van der Waals surface area contributed by atoms with Gasteiger partial charge in [-0.05, 0) is 30.9 Å². The van der Waals surface area contributed by atoms with E-state index >= 15 is 0 Å². The zero-order valence-electron chi connectivity index (χ0n) is 11.3. The van der Waals surface area contributed by atoms with Crippen LogP contribution in [0.3, 0.4) is 0 Å². The molecule has 2 N–H and O–H groups in total. The Balaban J connectivity index is 1.83. The molecule has 3 nitrogen and oxygen atoms in total. The van der Waals surface area contributed by atoms with E-state index in [0.29, 0.717) is 6.61 Å². The number of aliphatic hydroxyl groups is 1. The Kier molecular flexibility index (Phi) is 4.72. The first-order valence-electron chi connectivity index (χ1n) is 6.96. The highest BCUT2D eigenvalue weighted by atomic mass is 16.3. The average Bonchev–Trinajstić information content (AvgIpc) is 2.40. The standard InChI is InChI=1S/C15H24N2O/c1-13-7-14(9-16-8-13)10-17-11-15(12-18)5-3-2-4-6-15/h7-9,17-18H,2-6,10-12H2,1H3. The van der Waals surface area contributed by atoms with Crippen molar-refractivity contribution >= 4 is 0 Å². The maximum absolute atomic E-state index is 9.63. The van der Waals surface area contributed by atoms with E-state index in [1.54, 1.807) is 0 Å². The molecule has 0 unspecified atom stereocenters. The molecule has 1 fully saturated rings. The van der Waals surface area contributed by atoms with Gasteiger partial charge in [-0.2, -0.15) is 0 Å². The van der Waals surface area contributed by atoms with Gasteiger partial charge in [-0.25, -0.2) is 0 Å². The fourth-order valence-electron chi connectivity index (χ4n) is 2.88. The van der Waals surface area contributed by atoms with Crippen molar-refractivity contribution in [3.63, 3.8) is 0 Å². The predicted octanol–water partition coefficient (Wildman–Crippen LogP) is 2.42. The number of hydrogen-bond donors (Lipinski definition) is 2. The van der Waals surface area contributed by atoms with Crippen molar-refractivity contribution in [2.75, 3.05) is 13.2 Å². The molecule has 1 aliphatic carbocycles. The Morgan fingerprint density at radius 3 is 2.72 bits per heavy atom. The molecule has 1 aromatic rings. The fraction of sp³-hybridized carbons (Fsp3) is 0.667. The van der Waals surface area contributed by atoms with E-state index in [9.17, 15) is 5.11 Å². The molecular formula is C15H24N2O. The van der Waals surface area contributed by atoms with Crippen molar-refractivity contribution in [3.8, 4) is 0 Å². The number of nitrogens with zero attached hydrogens (tertiary/aromatic N) is 1. The third kappa shape index (κ3) is 3.53. The normalized spacial score (nSPS) is 18.8. The van der Waals surface area contributed by atoms with Gasteiger partial charge in [-0.1, -0.05) is 25.3 Å². The van der Waals surface area contributed by atoms with Gasteiger partial charge >= 0.3 is 0 Å². The van der Waals surface area contributed by atoms with Crippen LogP contribution in [-0.2, 0) is 6.54 Å². The number of rotatable bonds is 5. The summed E-state index contributed by atoms with van der Waals surface area (Å²) >= 11 is 0. The molecule has 1 aliphatic rings. The highest BCUT2D eigenvalue weighted by Gasteiger charge is 2.30. The molecule has 18 heavy (non-hydrogen) atoms. The summed E-state index contributed by atoms with van der Waals surface area (Å²) in [6.07, 6.45) is 9.93. The third-order valence-corrected chi connectivity index (χ3v) is 4.01. The second kappa shape index (κ2) is 6.30. The van der Waals surface area contributed by atoms with Gasteiger partial charge < -0.3 is 10.4 Å². The maximum Gasteiger partial charge on any atom is 0.0499 e. The predicted molar refractivity (Wildman–Crippen MR) is 73.3 cm³/mol. The molecule has 1 aromatic heterocycles. The number of aromatic nitrogens is 1. The van der Waals surface area contributed by atoms with Gasteiger partial charge in [0.25, 0.3) is 0 Å². The first-order chi connectivity index (χ1) is 8.74. The summed E-state index contributed by atoms with van der Waals surface area (Å²) in [5.74, 6) is 0. The molecule has 100 valence electrons. The maximum atomic E-state index is 9.63. The van der Waals surface area contributed by atoms with Gasteiger partial charge in [0, 0.05) is 37.5 Å². The lowest BCUT2D eigenvalue weighted by Crippen LogP contribution is -2.38. The van der Waals surface area contributed by atoms with Crippen molar-refractivity contribution in [3.05, 3.63) is 29.6 Å². The van der Waals surface area contributed by atoms with E-state index in [1.165, 1.54) is 30.4 Å². The lowest BCUT2D eigenvalue weighted by atomic mass is 9.74. The Labute approximate surface area is 110 Å². The molecule has 0 saturated heterocycles. The molecule has 0 radical (unpaired) electrons. The number of hydrogen-bond acceptors (Lipinski definition) is 3. The van der Waals surface area contributed by atoms with Crippen molar-refractivity contribution in [1.82, 2.24) is 10.3 Å². The van der Waals surface area contributed by atoms with Crippen LogP contribution < -0.4 is 5.32 Å². The quantitative estimate of drug-likeness (QED) is 0.841. The molecule has 3 heteroatoms. The van der Waals surface area contributed by atoms with Gasteiger partial charge in [0.15, 0.2) is 0 Å². The minimum Gasteiger partial charge on any atom is -0.396 e. The first kappa shape index (κ1) is 13.5. The third-order valence-electron chi connectivity index (χ3n) is 4.01. The second-order valence-corrected chi connectivity index (χ2v) is 5.69. The highest BCUT2D eigenvalue weighted by Crippen LogP contribution is 2.35. The lowest BCUT2D eigenvalue weighted by molar-refractivity contribution is 0.0810. The van der Waals surface area contributed by atoms with Crippen LogP contribution >= 0.6 is 0 Å². The van der Waals surface area contributed by atoms with Crippen molar-refractivity contribution in [2.45, 2.75) is 45.6 Å². The number of nitrogens with one attached hydrogen (secondary N) is 1.